The van der Waals surface area contributed by atoms with Crippen molar-refractivity contribution < 1.29 is 40.3 Å². The van der Waals surface area contributed by atoms with Crippen molar-refractivity contribution in [2.75, 3.05) is 11.9 Å². The van der Waals surface area contributed by atoms with Crippen LogP contribution < -0.4 is 10.1 Å². The van der Waals surface area contributed by atoms with Crippen molar-refractivity contribution in [2.24, 2.45) is 5.10 Å². The van der Waals surface area contributed by atoms with Crippen LogP contribution in [-0.4, -0.2) is 29.4 Å². The van der Waals surface area contributed by atoms with Crippen LogP contribution >= 0.6 is 0 Å². The summed E-state index contributed by atoms with van der Waals surface area (Å²) in [4.78, 5) is 12.9. The maximum absolute atomic E-state index is 14.3. The minimum absolute atomic E-state index is 0.0884. The quantitative estimate of drug-likeness (QED) is 0.427. The Labute approximate surface area is 198 Å². The molecule has 12 heteroatoms. The molecule has 0 radical (unpaired) electrons. The first-order valence-electron chi connectivity index (χ1n) is 10.4. The number of rotatable bonds is 3. The molecule has 0 fully saturated rings. The van der Waals surface area contributed by atoms with Crippen LogP contribution in [0.1, 0.15) is 22.6 Å². The van der Waals surface area contributed by atoms with Gasteiger partial charge in [-0.3, -0.25) is 0 Å². The minimum Gasteiger partial charge on any atom is -0.424 e. The number of alkyl halides is 4. The minimum atomic E-state index is -4.95. The van der Waals surface area contributed by atoms with Gasteiger partial charge in [0.15, 0.2) is 11.6 Å². The van der Waals surface area contributed by atoms with Gasteiger partial charge >= 0.3 is 18.1 Å². The van der Waals surface area contributed by atoms with Crippen molar-refractivity contribution in [2.45, 2.75) is 17.9 Å². The first-order valence-corrected chi connectivity index (χ1v) is 10.4. The second kappa shape index (κ2) is 8.25. The molecule has 0 aromatic heterocycles. The van der Waals surface area contributed by atoms with Crippen LogP contribution in [0.15, 0.2) is 65.8 Å². The van der Waals surface area contributed by atoms with E-state index < -0.39 is 58.4 Å². The fourth-order valence-corrected chi connectivity index (χ4v) is 4.01. The summed E-state index contributed by atoms with van der Waals surface area (Å²) >= 11 is 0. The number of benzene rings is 3. The summed E-state index contributed by atoms with van der Waals surface area (Å²) < 4.78 is 99.9. The number of hydrogen-bond acceptors (Lipinski definition) is 3. The molecule has 0 saturated carbocycles. The molecule has 36 heavy (non-hydrogen) atoms. The molecular formula is C24H14F7N3O2. The number of halogens is 7. The van der Waals surface area contributed by atoms with Crippen molar-refractivity contribution in [3.63, 3.8) is 0 Å². The standard InChI is InChI=1S/C24H14F7N3O2/c25-14-5-1-12(2-6-14)17-11-34(33-20(17)13-3-7-15(26)8-4-13)22(35)32-16-9-18-21(19(27)10-16)36-24(30,31)23(18,28)29/h1-10,17H,11H2,(H,32,35). The zero-order valence-electron chi connectivity index (χ0n) is 17.9. The molecule has 3 aromatic carbocycles. The van der Waals surface area contributed by atoms with E-state index in [2.05, 4.69) is 15.2 Å². The second-order valence-corrected chi connectivity index (χ2v) is 8.14. The summed E-state index contributed by atoms with van der Waals surface area (Å²) in [7, 11) is 0. The van der Waals surface area contributed by atoms with Crippen LogP contribution in [0.5, 0.6) is 5.75 Å². The molecule has 186 valence electrons. The Balaban J connectivity index is 1.45. The lowest BCUT2D eigenvalue weighted by molar-refractivity contribution is -0.296. The normalized spacial score (nSPS) is 19.5. The van der Waals surface area contributed by atoms with E-state index in [0.29, 0.717) is 29.0 Å². The molecule has 1 N–H and O–H groups in total. The number of urea groups is 1. The summed E-state index contributed by atoms with van der Waals surface area (Å²) in [6.07, 6.45) is -4.95. The lowest BCUT2D eigenvalue weighted by atomic mass is 9.90. The van der Waals surface area contributed by atoms with Crippen LogP contribution in [0, 0.1) is 17.5 Å². The lowest BCUT2D eigenvalue weighted by Gasteiger charge is -2.17. The number of ether oxygens (including phenoxy) is 1. The van der Waals surface area contributed by atoms with Gasteiger partial charge in [0.1, 0.15) is 11.6 Å². The molecule has 2 heterocycles. The van der Waals surface area contributed by atoms with Crippen molar-refractivity contribution >= 4 is 17.4 Å². The molecule has 5 nitrogen and oxygen atoms in total. The van der Waals surface area contributed by atoms with Gasteiger partial charge in [-0.25, -0.2) is 23.0 Å². The van der Waals surface area contributed by atoms with Gasteiger partial charge in [0, 0.05) is 17.7 Å². The van der Waals surface area contributed by atoms with Crippen molar-refractivity contribution in [1.29, 1.82) is 0 Å². The number of anilines is 1. The van der Waals surface area contributed by atoms with Gasteiger partial charge in [-0.1, -0.05) is 24.3 Å². The Bertz CT molecular complexity index is 1380. The Morgan fingerprint density at radius 3 is 2.19 bits per heavy atom. The van der Waals surface area contributed by atoms with E-state index in [1.54, 1.807) is 0 Å². The Hall–Kier alpha value is -4.09. The third kappa shape index (κ3) is 3.91. The zero-order valence-corrected chi connectivity index (χ0v) is 17.9. The monoisotopic (exact) mass is 509 g/mol. The summed E-state index contributed by atoms with van der Waals surface area (Å²) in [5, 5.41) is 7.33. The van der Waals surface area contributed by atoms with Crippen LogP contribution in [0.3, 0.4) is 0 Å². The number of fused-ring (bicyclic) bond motifs is 1. The average Bonchev–Trinajstić information content (AvgIpc) is 3.33. The van der Waals surface area contributed by atoms with Gasteiger partial charge in [0.05, 0.1) is 17.8 Å². The van der Waals surface area contributed by atoms with Crippen molar-refractivity contribution in [1.82, 2.24) is 5.01 Å². The smallest absolute Gasteiger partial charge is 0.424 e. The number of nitrogens with one attached hydrogen (secondary N) is 1. The summed E-state index contributed by atoms with van der Waals surface area (Å²) in [5.74, 6) is -9.21. The van der Waals surface area contributed by atoms with E-state index >= 15 is 0 Å². The van der Waals surface area contributed by atoms with E-state index in [1.807, 2.05) is 0 Å². The fourth-order valence-electron chi connectivity index (χ4n) is 4.01. The van der Waals surface area contributed by atoms with E-state index in [0.717, 1.165) is 5.01 Å². The molecule has 2 aliphatic heterocycles. The summed E-state index contributed by atoms with van der Waals surface area (Å²) in [6.45, 7) is -0.0884. The molecule has 5 rings (SSSR count). The third-order valence-corrected chi connectivity index (χ3v) is 5.79. The average molecular weight is 509 g/mol. The van der Waals surface area contributed by atoms with Gasteiger partial charge in [0.25, 0.3) is 0 Å². The molecule has 0 saturated heterocycles. The molecule has 3 aromatic rings. The molecule has 0 spiro atoms. The number of nitrogens with zero attached hydrogens (tertiary/aromatic N) is 2. The molecule has 0 aliphatic carbocycles. The highest BCUT2D eigenvalue weighted by Crippen LogP contribution is 2.54. The van der Waals surface area contributed by atoms with Gasteiger partial charge in [-0.2, -0.15) is 22.7 Å². The van der Waals surface area contributed by atoms with Gasteiger partial charge in [-0.15, -0.1) is 0 Å². The predicted octanol–water partition coefficient (Wildman–Crippen LogP) is 6.22. The SMILES string of the molecule is O=C(Nc1cc(F)c2c(c1)C(F)(F)C(F)(F)O2)N1CC(c2ccc(F)cc2)C(c2ccc(F)cc2)=N1. The van der Waals surface area contributed by atoms with Gasteiger partial charge < -0.3 is 10.1 Å². The van der Waals surface area contributed by atoms with E-state index in [1.165, 1.54) is 48.5 Å². The highest BCUT2D eigenvalue weighted by molar-refractivity contribution is 6.07. The van der Waals surface area contributed by atoms with E-state index in [4.69, 9.17) is 0 Å². The van der Waals surface area contributed by atoms with Crippen LogP contribution in [0.2, 0.25) is 0 Å². The fraction of sp³-hybridized carbons (Fsp3) is 0.167. The molecule has 0 bridgehead atoms. The van der Waals surface area contributed by atoms with Gasteiger partial charge in [0.2, 0.25) is 0 Å². The maximum Gasteiger partial charge on any atom is 0.469 e. The highest BCUT2D eigenvalue weighted by atomic mass is 19.3. The Kier molecular flexibility index (Phi) is 5.42. The van der Waals surface area contributed by atoms with Crippen molar-refractivity contribution in [3.05, 3.63) is 94.8 Å². The summed E-state index contributed by atoms with van der Waals surface area (Å²) in [6, 6.07) is 10.7. The van der Waals surface area contributed by atoms with Crippen molar-refractivity contribution in [3.8, 4) is 5.75 Å². The molecule has 1 unspecified atom stereocenters. The number of carbonyl (C=O) groups excluding carboxylic acids is 1. The Morgan fingerprint density at radius 2 is 1.56 bits per heavy atom. The third-order valence-electron chi connectivity index (χ3n) is 5.79. The second-order valence-electron chi connectivity index (χ2n) is 8.14. The van der Waals surface area contributed by atoms with Crippen LogP contribution in [-0.2, 0) is 5.92 Å². The predicted molar refractivity (Wildman–Crippen MR) is 114 cm³/mol. The lowest BCUT2D eigenvalue weighted by Crippen LogP contribution is -2.37. The molecular weight excluding hydrogens is 495 g/mol. The maximum atomic E-state index is 14.3. The number of hydrazone groups is 1. The molecule has 2 amide bonds. The molecule has 1 atom stereocenters. The number of hydrogen-bond donors (Lipinski definition) is 1. The topological polar surface area (TPSA) is 53.9 Å². The largest absolute Gasteiger partial charge is 0.469 e. The van der Waals surface area contributed by atoms with Crippen LogP contribution in [0.4, 0.5) is 41.2 Å². The number of carbonyl (C=O) groups is 1. The Morgan fingerprint density at radius 1 is 0.944 bits per heavy atom. The first-order chi connectivity index (χ1) is 17.0. The van der Waals surface area contributed by atoms with E-state index in [9.17, 15) is 35.5 Å². The first kappa shape index (κ1) is 23.6. The zero-order chi connectivity index (χ0) is 25.8. The number of amides is 2. The summed E-state index contributed by atoms with van der Waals surface area (Å²) in [5.41, 5.74) is -0.567. The highest BCUT2D eigenvalue weighted by Gasteiger charge is 2.67. The van der Waals surface area contributed by atoms with E-state index in [-0.39, 0.29) is 6.54 Å². The van der Waals surface area contributed by atoms with Crippen LogP contribution in [0.25, 0.3) is 0 Å². The van der Waals surface area contributed by atoms with Gasteiger partial charge in [-0.05, 0) is 41.5 Å². The molecule has 2 aliphatic rings.